The number of carboxylic acids is 1. The Labute approximate surface area is 166 Å². The molecular weight excluding hydrogens is 378 g/mol. The molecule has 0 aliphatic rings. The van der Waals surface area contributed by atoms with Gasteiger partial charge in [0, 0.05) is 26.2 Å². The van der Waals surface area contributed by atoms with Crippen molar-refractivity contribution in [3.63, 3.8) is 0 Å². The first-order valence-electron chi connectivity index (χ1n) is 8.82. The van der Waals surface area contributed by atoms with E-state index in [0.717, 1.165) is 10.4 Å². The zero-order valence-electron chi connectivity index (χ0n) is 15.4. The van der Waals surface area contributed by atoms with E-state index in [9.17, 15) is 9.59 Å². The molecule has 146 valence electrons. The van der Waals surface area contributed by atoms with Crippen molar-refractivity contribution in [1.29, 1.82) is 0 Å². The second-order valence-electron chi connectivity index (χ2n) is 6.21. The highest BCUT2D eigenvalue weighted by atomic mass is 32.1. The zero-order chi connectivity index (χ0) is 19.9. The van der Waals surface area contributed by atoms with Gasteiger partial charge in [0.25, 0.3) is 5.91 Å². The Balaban J connectivity index is 1.55. The highest BCUT2D eigenvalue weighted by Gasteiger charge is 2.17. The maximum absolute atomic E-state index is 12.6. The van der Waals surface area contributed by atoms with Gasteiger partial charge in [0.15, 0.2) is 0 Å². The summed E-state index contributed by atoms with van der Waals surface area (Å²) in [5, 5.41) is 17.9. The molecule has 3 aromatic rings. The van der Waals surface area contributed by atoms with Crippen molar-refractivity contribution in [3.8, 4) is 16.3 Å². The van der Waals surface area contributed by atoms with Crippen LogP contribution in [0.4, 0.5) is 0 Å². The average molecular weight is 399 g/mol. The van der Waals surface area contributed by atoms with E-state index >= 15 is 0 Å². The van der Waals surface area contributed by atoms with E-state index in [1.807, 2.05) is 41.8 Å². The molecule has 0 aliphatic heterocycles. The molecule has 0 fully saturated rings. The summed E-state index contributed by atoms with van der Waals surface area (Å²) in [7, 11) is 1.79. The van der Waals surface area contributed by atoms with Gasteiger partial charge in [0.05, 0.1) is 17.0 Å². The number of nitrogens with zero attached hydrogens (tertiary/aromatic N) is 2. The summed E-state index contributed by atoms with van der Waals surface area (Å²) in [6, 6.07) is 11.2. The van der Waals surface area contributed by atoms with E-state index in [1.54, 1.807) is 29.3 Å². The van der Waals surface area contributed by atoms with Crippen LogP contribution in [0.15, 0.2) is 48.0 Å². The Morgan fingerprint density at radius 1 is 1.25 bits per heavy atom. The van der Waals surface area contributed by atoms with Crippen LogP contribution in [-0.2, 0) is 18.4 Å². The monoisotopic (exact) mass is 399 g/mol. The number of aromatic nitrogens is 2. The highest BCUT2D eigenvalue weighted by molar-refractivity contribution is 7.13. The third kappa shape index (κ3) is 5.20. The highest BCUT2D eigenvalue weighted by Crippen LogP contribution is 2.26. The Morgan fingerprint density at radius 2 is 2.04 bits per heavy atom. The Kier molecular flexibility index (Phi) is 6.44. The molecule has 0 saturated heterocycles. The van der Waals surface area contributed by atoms with Gasteiger partial charge in [-0.25, -0.2) is 0 Å². The van der Waals surface area contributed by atoms with Gasteiger partial charge >= 0.3 is 5.97 Å². The van der Waals surface area contributed by atoms with Crippen LogP contribution in [0.2, 0.25) is 0 Å². The fourth-order valence-electron chi connectivity index (χ4n) is 2.64. The number of thiophene rings is 1. The SMILES string of the molecule is Cn1cc(C(=O)NCc2ccc(OCCCC(=O)O)cc2)c(-c2cccs2)n1. The molecule has 1 aromatic carbocycles. The van der Waals surface area contributed by atoms with E-state index in [-0.39, 0.29) is 12.3 Å². The number of aliphatic carboxylic acids is 1. The summed E-state index contributed by atoms with van der Waals surface area (Å²) in [4.78, 5) is 24.0. The standard InChI is InChI=1S/C20H21N3O4S/c1-23-13-16(19(22-23)17-4-3-11-28-17)20(26)21-12-14-6-8-15(9-7-14)27-10-2-5-18(24)25/h3-4,6-9,11,13H,2,5,10,12H2,1H3,(H,21,26)(H,24,25). The van der Waals surface area contributed by atoms with E-state index < -0.39 is 5.97 Å². The Bertz CT molecular complexity index is 933. The van der Waals surface area contributed by atoms with Gasteiger partial charge < -0.3 is 15.2 Å². The number of aryl methyl sites for hydroxylation is 1. The second-order valence-corrected chi connectivity index (χ2v) is 7.16. The molecule has 2 aromatic heterocycles. The van der Waals surface area contributed by atoms with Crippen LogP contribution in [-0.4, -0.2) is 33.4 Å². The summed E-state index contributed by atoms with van der Waals surface area (Å²) in [6.07, 6.45) is 2.27. The van der Waals surface area contributed by atoms with Crippen LogP contribution in [0.3, 0.4) is 0 Å². The molecule has 0 bridgehead atoms. The molecule has 0 saturated carbocycles. The first-order valence-corrected chi connectivity index (χ1v) is 9.70. The number of rotatable bonds is 9. The molecule has 8 heteroatoms. The minimum atomic E-state index is -0.828. The van der Waals surface area contributed by atoms with Gasteiger partial charge in [-0.3, -0.25) is 14.3 Å². The van der Waals surface area contributed by atoms with E-state index in [2.05, 4.69) is 10.4 Å². The number of carbonyl (C=O) groups is 2. The van der Waals surface area contributed by atoms with Gasteiger partial charge in [-0.2, -0.15) is 5.10 Å². The first-order chi connectivity index (χ1) is 13.5. The van der Waals surface area contributed by atoms with Crippen molar-refractivity contribution in [2.24, 2.45) is 7.05 Å². The third-order valence-corrected chi connectivity index (χ3v) is 4.88. The number of amides is 1. The van der Waals surface area contributed by atoms with Crippen molar-refractivity contribution in [3.05, 3.63) is 59.1 Å². The molecule has 28 heavy (non-hydrogen) atoms. The molecule has 0 unspecified atom stereocenters. The lowest BCUT2D eigenvalue weighted by atomic mass is 10.2. The maximum atomic E-state index is 12.6. The Morgan fingerprint density at radius 3 is 2.71 bits per heavy atom. The van der Waals surface area contributed by atoms with Crippen LogP contribution < -0.4 is 10.1 Å². The molecule has 0 aliphatic carbocycles. The normalized spacial score (nSPS) is 10.6. The van der Waals surface area contributed by atoms with Crippen molar-refractivity contribution in [2.75, 3.05) is 6.61 Å². The van der Waals surface area contributed by atoms with Crippen LogP contribution in [0.1, 0.15) is 28.8 Å². The lowest BCUT2D eigenvalue weighted by Gasteiger charge is -2.08. The predicted molar refractivity (Wildman–Crippen MR) is 106 cm³/mol. The molecule has 0 spiro atoms. The molecule has 3 rings (SSSR count). The van der Waals surface area contributed by atoms with Crippen molar-refractivity contribution < 1.29 is 19.4 Å². The number of carbonyl (C=O) groups excluding carboxylic acids is 1. The summed E-state index contributed by atoms with van der Waals surface area (Å²) >= 11 is 1.54. The van der Waals surface area contributed by atoms with Crippen molar-refractivity contribution in [1.82, 2.24) is 15.1 Å². The quantitative estimate of drug-likeness (QED) is 0.539. The van der Waals surface area contributed by atoms with Crippen LogP contribution in [0.25, 0.3) is 10.6 Å². The molecule has 2 heterocycles. The fourth-order valence-corrected chi connectivity index (χ4v) is 3.37. The lowest BCUT2D eigenvalue weighted by Crippen LogP contribution is -2.22. The molecule has 7 nitrogen and oxygen atoms in total. The zero-order valence-corrected chi connectivity index (χ0v) is 16.2. The topological polar surface area (TPSA) is 93.5 Å². The lowest BCUT2D eigenvalue weighted by molar-refractivity contribution is -0.137. The summed E-state index contributed by atoms with van der Waals surface area (Å²) in [5.74, 6) is -0.330. The molecule has 0 radical (unpaired) electrons. The summed E-state index contributed by atoms with van der Waals surface area (Å²) in [5.41, 5.74) is 2.16. The summed E-state index contributed by atoms with van der Waals surface area (Å²) in [6.45, 7) is 0.742. The van der Waals surface area contributed by atoms with Crippen LogP contribution in [0.5, 0.6) is 5.75 Å². The first kappa shape index (κ1) is 19.6. The van der Waals surface area contributed by atoms with Gasteiger partial charge in [-0.1, -0.05) is 18.2 Å². The molecule has 2 N–H and O–H groups in total. The minimum absolute atomic E-state index is 0.0892. The Hall–Kier alpha value is -3.13. The van der Waals surface area contributed by atoms with Crippen LogP contribution >= 0.6 is 11.3 Å². The van der Waals surface area contributed by atoms with Gasteiger partial charge in [-0.05, 0) is 35.6 Å². The number of benzene rings is 1. The average Bonchev–Trinajstić information content (AvgIpc) is 3.33. The van der Waals surface area contributed by atoms with Crippen molar-refractivity contribution >= 4 is 23.2 Å². The van der Waals surface area contributed by atoms with Gasteiger partial charge in [-0.15, -0.1) is 11.3 Å². The largest absolute Gasteiger partial charge is 0.494 e. The number of nitrogens with one attached hydrogen (secondary N) is 1. The molecule has 0 atom stereocenters. The predicted octanol–water partition coefficient (Wildman–Crippen LogP) is 3.32. The van der Waals surface area contributed by atoms with Crippen molar-refractivity contribution in [2.45, 2.75) is 19.4 Å². The van der Waals surface area contributed by atoms with E-state index in [4.69, 9.17) is 9.84 Å². The second kappa shape index (κ2) is 9.18. The number of hydrogen-bond donors (Lipinski definition) is 2. The maximum Gasteiger partial charge on any atom is 0.303 e. The molecular formula is C20H21N3O4S. The van der Waals surface area contributed by atoms with E-state index in [0.29, 0.717) is 36.6 Å². The fraction of sp³-hybridized carbons (Fsp3) is 0.250. The number of hydrogen-bond acceptors (Lipinski definition) is 5. The number of carboxylic acid groups (broad SMARTS) is 1. The number of ether oxygens (including phenoxy) is 1. The van der Waals surface area contributed by atoms with Gasteiger partial charge in [0.2, 0.25) is 0 Å². The van der Waals surface area contributed by atoms with Crippen LogP contribution in [0, 0.1) is 0 Å². The van der Waals surface area contributed by atoms with Gasteiger partial charge in [0.1, 0.15) is 11.4 Å². The summed E-state index contributed by atoms with van der Waals surface area (Å²) < 4.78 is 7.14. The van der Waals surface area contributed by atoms with E-state index in [1.165, 1.54) is 0 Å². The minimum Gasteiger partial charge on any atom is -0.494 e. The smallest absolute Gasteiger partial charge is 0.303 e. The third-order valence-electron chi connectivity index (χ3n) is 4.01. The molecule has 1 amide bonds.